The summed E-state index contributed by atoms with van der Waals surface area (Å²) in [4.78, 5) is 14.2. The minimum absolute atomic E-state index is 0. The van der Waals surface area contributed by atoms with Crippen LogP contribution < -0.4 is 0 Å². The third-order valence-corrected chi connectivity index (χ3v) is 3.59. The Morgan fingerprint density at radius 2 is 2.05 bits per heavy atom. The van der Waals surface area contributed by atoms with Gasteiger partial charge in [0.2, 0.25) is 0 Å². The van der Waals surface area contributed by atoms with Gasteiger partial charge in [-0.3, -0.25) is 4.90 Å². The molecule has 1 aromatic rings. The number of carbonyl (C=O) groups is 1. The number of ether oxygens (including phenoxy) is 1. The Morgan fingerprint density at radius 1 is 1.38 bits per heavy atom. The molecule has 0 saturated heterocycles. The molecule has 0 N–H and O–H groups in total. The highest BCUT2D eigenvalue weighted by Crippen LogP contribution is 2.29. The Hall–Kier alpha value is -1.50. The summed E-state index contributed by atoms with van der Waals surface area (Å²) >= 11 is 0. The molecule has 0 atom stereocenters. The summed E-state index contributed by atoms with van der Waals surface area (Å²) in [7, 11) is 0. The van der Waals surface area contributed by atoms with E-state index in [0.29, 0.717) is 12.2 Å². The van der Waals surface area contributed by atoms with Crippen molar-refractivity contribution < 1.29 is 9.53 Å². The second-order valence-electron chi connectivity index (χ2n) is 5.19. The zero-order chi connectivity index (χ0) is 14.4. The van der Waals surface area contributed by atoms with Gasteiger partial charge < -0.3 is 4.74 Å². The van der Waals surface area contributed by atoms with Gasteiger partial charge in [0.25, 0.3) is 0 Å². The van der Waals surface area contributed by atoms with E-state index in [1.54, 1.807) is 24.3 Å². The average molecular weight is 308 g/mol. The molecular weight excluding hydrogens is 286 g/mol. The molecule has 0 amide bonds. The van der Waals surface area contributed by atoms with Gasteiger partial charge in [-0.25, -0.2) is 4.79 Å². The number of carbonyl (C=O) groups excluding carboxylic acids is 1. The van der Waals surface area contributed by atoms with Gasteiger partial charge in [-0.1, -0.05) is 12.8 Å². The molecule has 4 heteroatoms. The molecule has 0 aromatic heterocycles. The third kappa shape index (κ3) is 5.79. The number of hydrogen-bond donors (Lipinski definition) is 0. The highest BCUT2D eigenvalue weighted by atomic mass is 35.5. The number of halogens is 1. The molecule has 114 valence electrons. The molecule has 3 nitrogen and oxygen atoms in total. The van der Waals surface area contributed by atoms with E-state index < -0.39 is 0 Å². The van der Waals surface area contributed by atoms with Crippen molar-refractivity contribution in [3.05, 3.63) is 35.4 Å². The molecular formula is C17H22ClNO2. The van der Waals surface area contributed by atoms with Gasteiger partial charge in [0.1, 0.15) is 6.61 Å². The van der Waals surface area contributed by atoms with Gasteiger partial charge in [0.05, 0.1) is 5.56 Å². The summed E-state index contributed by atoms with van der Waals surface area (Å²) in [5.41, 5.74) is 1.32. The van der Waals surface area contributed by atoms with Crippen molar-refractivity contribution in [3.63, 3.8) is 0 Å². The molecule has 1 saturated carbocycles. The molecule has 2 rings (SSSR count). The predicted octanol–water partition coefficient (Wildman–Crippen LogP) is 2.98. The quantitative estimate of drug-likeness (QED) is 0.573. The molecule has 0 spiro atoms. The number of esters is 1. The van der Waals surface area contributed by atoms with E-state index in [0.717, 1.165) is 31.1 Å². The fourth-order valence-electron chi connectivity index (χ4n) is 2.10. The predicted molar refractivity (Wildman–Crippen MR) is 86.7 cm³/mol. The Balaban J connectivity index is 0.00000220. The normalized spacial score (nSPS) is 13.4. The summed E-state index contributed by atoms with van der Waals surface area (Å²) in [5.74, 6) is 3.11. The highest BCUT2D eigenvalue weighted by molar-refractivity contribution is 5.89. The molecule has 0 radical (unpaired) electrons. The van der Waals surface area contributed by atoms with Crippen LogP contribution in [-0.2, 0) is 4.74 Å². The monoisotopic (exact) mass is 307 g/mol. The van der Waals surface area contributed by atoms with Crippen LogP contribution in [0.2, 0.25) is 0 Å². The fourth-order valence-corrected chi connectivity index (χ4v) is 2.10. The molecule has 1 aromatic carbocycles. The largest absolute Gasteiger partial charge is 0.461 e. The van der Waals surface area contributed by atoms with Crippen LogP contribution in [0.4, 0.5) is 0 Å². The Kier molecular flexibility index (Phi) is 7.28. The summed E-state index contributed by atoms with van der Waals surface area (Å²) in [6, 6.07) is 6.92. The maximum absolute atomic E-state index is 11.9. The van der Waals surface area contributed by atoms with Crippen LogP contribution in [0.1, 0.15) is 35.7 Å². The molecule has 1 aliphatic carbocycles. The van der Waals surface area contributed by atoms with Gasteiger partial charge in [0.15, 0.2) is 0 Å². The SMILES string of the molecule is C#Cc1ccc(C(=O)OCCN(CC)CC2CC2)cc1.Cl. The lowest BCUT2D eigenvalue weighted by atomic mass is 10.1. The molecule has 21 heavy (non-hydrogen) atoms. The van der Waals surface area contributed by atoms with Gasteiger partial charge in [0, 0.05) is 18.7 Å². The van der Waals surface area contributed by atoms with Crippen molar-refractivity contribution in [3.8, 4) is 12.3 Å². The standard InChI is InChI=1S/C17H21NO2.ClH/c1-3-14-7-9-16(10-8-14)17(19)20-12-11-18(4-2)13-15-5-6-15;/h1,7-10,15H,4-6,11-13H2,2H3;1H. The van der Waals surface area contributed by atoms with Gasteiger partial charge in [-0.2, -0.15) is 0 Å². The highest BCUT2D eigenvalue weighted by Gasteiger charge is 2.23. The lowest BCUT2D eigenvalue weighted by molar-refractivity contribution is 0.0462. The summed E-state index contributed by atoms with van der Waals surface area (Å²) in [6.45, 7) is 5.52. The lowest BCUT2D eigenvalue weighted by Gasteiger charge is -2.19. The zero-order valence-corrected chi connectivity index (χ0v) is 13.2. The van der Waals surface area contributed by atoms with Gasteiger partial charge in [-0.15, -0.1) is 18.8 Å². The first-order valence-electron chi connectivity index (χ1n) is 7.19. The number of benzene rings is 1. The number of rotatable bonds is 7. The topological polar surface area (TPSA) is 29.5 Å². The molecule has 1 aliphatic rings. The van der Waals surface area contributed by atoms with Crippen molar-refractivity contribution in [1.29, 1.82) is 0 Å². The second-order valence-corrected chi connectivity index (χ2v) is 5.19. The summed E-state index contributed by atoms with van der Waals surface area (Å²) < 4.78 is 5.30. The summed E-state index contributed by atoms with van der Waals surface area (Å²) in [5, 5.41) is 0. The first-order valence-corrected chi connectivity index (χ1v) is 7.19. The van der Waals surface area contributed by atoms with Crippen LogP contribution in [-0.4, -0.2) is 37.1 Å². The van der Waals surface area contributed by atoms with E-state index in [-0.39, 0.29) is 18.4 Å². The maximum Gasteiger partial charge on any atom is 0.338 e. The first kappa shape index (κ1) is 17.6. The van der Waals surface area contributed by atoms with E-state index in [2.05, 4.69) is 17.7 Å². The minimum Gasteiger partial charge on any atom is -0.461 e. The van der Waals surface area contributed by atoms with E-state index in [4.69, 9.17) is 11.2 Å². The average Bonchev–Trinajstić information content (AvgIpc) is 3.30. The molecule has 0 heterocycles. The Bertz CT molecular complexity index is 489. The van der Waals surface area contributed by atoms with Crippen LogP contribution in [0.25, 0.3) is 0 Å². The van der Waals surface area contributed by atoms with Crippen molar-refractivity contribution in [2.45, 2.75) is 19.8 Å². The fraction of sp³-hybridized carbons (Fsp3) is 0.471. The smallest absolute Gasteiger partial charge is 0.338 e. The van der Waals surface area contributed by atoms with E-state index in [1.165, 1.54) is 12.8 Å². The third-order valence-electron chi connectivity index (χ3n) is 3.59. The van der Waals surface area contributed by atoms with Crippen LogP contribution in [0.5, 0.6) is 0 Å². The Labute approximate surface area is 133 Å². The molecule has 0 aliphatic heterocycles. The second kappa shape index (κ2) is 8.71. The van der Waals surface area contributed by atoms with Crippen LogP contribution in [0.3, 0.4) is 0 Å². The maximum atomic E-state index is 11.9. The minimum atomic E-state index is -0.281. The van der Waals surface area contributed by atoms with E-state index in [1.807, 2.05) is 0 Å². The van der Waals surface area contributed by atoms with Gasteiger partial charge in [-0.05, 0) is 49.6 Å². The van der Waals surface area contributed by atoms with Crippen molar-refractivity contribution in [2.24, 2.45) is 5.92 Å². The number of nitrogens with zero attached hydrogens (tertiary/aromatic N) is 1. The van der Waals surface area contributed by atoms with Crippen molar-refractivity contribution in [2.75, 3.05) is 26.2 Å². The van der Waals surface area contributed by atoms with Crippen molar-refractivity contribution in [1.82, 2.24) is 4.90 Å². The first-order chi connectivity index (χ1) is 9.72. The van der Waals surface area contributed by atoms with E-state index >= 15 is 0 Å². The van der Waals surface area contributed by atoms with Crippen LogP contribution in [0.15, 0.2) is 24.3 Å². The molecule has 0 bridgehead atoms. The lowest BCUT2D eigenvalue weighted by Crippen LogP contribution is -2.30. The number of likely N-dealkylation sites (N-methyl/N-ethyl adjacent to an activating group) is 1. The van der Waals surface area contributed by atoms with Gasteiger partial charge >= 0.3 is 5.97 Å². The zero-order valence-electron chi connectivity index (χ0n) is 12.4. The number of hydrogen-bond acceptors (Lipinski definition) is 3. The Morgan fingerprint density at radius 3 is 2.57 bits per heavy atom. The molecule has 0 unspecified atom stereocenters. The van der Waals surface area contributed by atoms with E-state index in [9.17, 15) is 4.79 Å². The van der Waals surface area contributed by atoms with Crippen LogP contribution in [0, 0.1) is 18.3 Å². The number of terminal acetylenes is 1. The van der Waals surface area contributed by atoms with Crippen molar-refractivity contribution >= 4 is 18.4 Å². The summed E-state index contributed by atoms with van der Waals surface area (Å²) in [6.07, 6.45) is 7.97. The van der Waals surface area contributed by atoms with Crippen LogP contribution >= 0.6 is 12.4 Å². The molecule has 1 fully saturated rings.